The summed E-state index contributed by atoms with van der Waals surface area (Å²) >= 11 is 1.37. The molecule has 0 amide bonds. The Balaban J connectivity index is 2.16. The van der Waals surface area contributed by atoms with E-state index in [2.05, 4.69) is 0 Å². The van der Waals surface area contributed by atoms with E-state index in [0.29, 0.717) is 17.1 Å². The number of methoxy groups -OCH3 is 1. The molecule has 0 saturated heterocycles. The van der Waals surface area contributed by atoms with E-state index >= 15 is 0 Å². The zero-order valence-corrected chi connectivity index (χ0v) is 11.1. The number of hydrogen-bond donors (Lipinski definition) is 1. The van der Waals surface area contributed by atoms with Gasteiger partial charge in [-0.15, -0.1) is 11.8 Å². The van der Waals surface area contributed by atoms with Gasteiger partial charge in [0.15, 0.2) is 0 Å². The van der Waals surface area contributed by atoms with Crippen LogP contribution < -0.4 is 10.5 Å². The molecule has 0 saturated carbocycles. The molecule has 0 fully saturated rings. The smallest absolute Gasteiger partial charge is 0.146 e. The normalized spacial score (nSPS) is 10.5. The molecular formula is C14H13F2NOS. The molecule has 2 aromatic carbocycles. The highest BCUT2D eigenvalue weighted by Crippen LogP contribution is 2.30. The third kappa shape index (κ3) is 3.17. The lowest BCUT2D eigenvalue weighted by molar-refractivity contribution is 0.406. The number of anilines is 1. The standard InChI is InChI=1S/C14H13F2NOS/c1-18-14-4-2-3-11(15)10(14)8-19-9-5-6-12(16)13(17)7-9/h2-7H,8,17H2,1H3. The zero-order chi connectivity index (χ0) is 13.8. The summed E-state index contributed by atoms with van der Waals surface area (Å²) in [5.74, 6) is 0.123. The van der Waals surface area contributed by atoms with E-state index in [1.54, 1.807) is 18.2 Å². The highest BCUT2D eigenvalue weighted by atomic mass is 32.2. The molecule has 0 unspecified atom stereocenters. The van der Waals surface area contributed by atoms with Crippen molar-refractivity contribution in [2.75, 3.05) is 12.8 Å². The molecule has 2 nitrogen and oxygen atoms in total. The van der Waals surface area contributed by atoms with E-state index in [0.717, 1.165) is 4.90 Å². The summed E-state index contributed by atoms with van der Waals surface area (Å²) in [7, 11) is 1.50. The minimum absolute atomic E-state index is 0.0884. The van der Waals surface area contributed by atoms with Crippen molar-refractivity contribution >= 4 is 17.4 Å². The van der Waals surface area contributed by atoms with Crippen LogP contribution in [0.15, 0.2) is 41.3 Å². The minimum atomic E-state index is -0.451. The average Bonchev–Trinajstić information content (AvgIpc) is 2.41. The Morgan fingerprint density at radius 1 is 1.16 bits per heavy atom. The number of ether oxygens (including phenoxy) is 1. The molecule has 5 heteroatoms. The topological polar surface area (TPSA) is 35.2 Å². The molecule has 0 atom stereocenters. The monoisotopic (exact) mass is 281 g/mol. The first kappa shape index (κ1) is 13.7. The summed E-state index contributed by atoms with van der Waals surface area (Å²) in [6.07, 6.45) is 0. The minimum Gasteiger partial charge on any atom is -0.496 e. The Morgan fingerprint density at radius 2 is 1.95 bits per heavy atom. The van der Waals surface area contributed by atoms with Gasteiger partial charge in [0.05, 0.1) is 12.8 Å². The molecule has 0 aliphatic carbocycles. The second-order valence-electron chi connectivity index (χ2n) is 3.89. The lowest BCUT2D eigenvalue weighted by Crippen LogP contribution is -1.95. The Bertz CT molecular complexity index is 590. The maximum atomic E-state index is 13.7. The van der Waals surface area contributed by atoms with Crippen molar-refractivity contribution in [3.05, 3.63) is 53.6 Å². The molecule has 2 aromatic rings. The van der Waals surface area contributed by atoms with Gasteiger partial charge in [0.2, 0.25) is 0 Å². The highest BCUT2D eigenvalue weighted by Gasteiger charge is 2.10. The predicted octanol–water partition coefficient (Wildman–Crippen LogP) is 3.85. The summed E-state index contributed by atoms with van der Waals surface area (Å²) in [4.78, 5) is 0.782. The van der Waals surface area contributed by atoms with Gasteiger partial charge in [0.25, 0.3) is 0 Å². The maximum absolute atomic E-state index is 13.7. The van der Waals surface area contributed by atoms with Crippen molar-refractivity contribution in [1.29, 1.82) is 0 Å². The molecule has 2 N–H and O–H groups in total. The molecule has 0 aromatic heterocycles. The van der Waals surface area contributed by atoms with Gasteiger partial charge in [-0.05, 0) is 30.3 Å². The van der Waals surface area contributed by atoms with Crippen LogP contribution in [-0.2, 0) is 5.75 Å². The van der Waals surface area contributed by atoms with E-state index in [-0.39, 0.29) is 11.5 Å². The zero-order valence-electron chi connectivity index (χ0n) is 10.3. The van der Waals surface area contributed by atoms with Gasteiger partial charge >= 0.3 is 0 Å². The van der Waals surface area contributed by atoms with Gasteiger partial charge in [-0.25, -0.2) is 8.78 Å². The number of thioether (sulfide) groups is 1. The van der Waals surface area contributed by atoms with Gasteiger partial charge in [-0.2, -0.15) is 0 Å². The fourth-order valence-electron chi connectivity index (χ4n) is 1.64. The SMILES string of the molecule is COc1cccc(F)c1CSc1ccc(F)c(N)c1. The number of nitrogen functional groups attached to an aromatic ring is 1. The van der Waals surface area contributed by atoms with Crippen molar-refractivity contribution in [1.82, 2.24) is 0 Å². The van der Waals surface area contributed by atoms with E-state index < -0.39 is 5.82 Å². The first-order valence-electron chi connectivity index (χ1n) is 5.61. The number of halogens is 2. The third-order valence-electron chi connectivity index (χ3n) is 2.65. The van der Waals surface area contributed by atoms with Crippen LogP contribution in [0.2, 0.25) is 0 Å². The van der Waals surface area contributed by atoms with Gasteiger partial charge in [-0.1, -0.05) is 6.07 Å². The van der Waals surface area contributed by atoms with Gasteiger partial charge in [0, 0.05) is 16.2 Å². The van der Waals surface area contributed by atoms with Crippen LogP contribution in [0.25, 0.3) is 0 Å². The van der Waals surface area contributed by atoms with Crippen LogP contribution >= 0.6 is 11.8 Å². The summed E-state index contributed by atoms with van der Waals surface area (Å²) in [5, 5.41) is 0. The molecule has 0 aliphatic rings. The number of rotatable bonds is 4. The second kappa shape index (κ2) is 5.93. The summed E-state index contributed by atoms with van der Waals surface area (Å²) in [6.45, 7) is 0. The largest absolute Gasteiger partial charge is 0.496 e. The molecule has 0 heterocycles. The van der Waals surface area contributed by atoms with Gasteiger partial charge in [-0.3, -0.25) is 0 Å². The molecular weight excluding hydrogens is 268 g/mol. The Hall–Kier alpha value is -1.75. The van der Waals surface area contributed by atoms with E-state index in [1.807, 2.05) is 0 Å². The lowest BCUT2D eigenvalue weighted by Gasteiger charge is -2.09. The van der Waals surface area contributed by atoms with Crippen LogP contribution in [0.5, 0.6) is 5.75 Å². The third-order valence-corrected chi connectivity index (χ3v) is 3.67. The number of benzene rings is 2. The lowest BCUT2D eigenvalue weighted by atomic mass is 10.2. The molecule has 0 radical (unpaired) electrons. The first-order chi connectivity index (χ1) is 9.11. The molecule has 2 rings (SSSR count). The summed E-state index contributed by atoms with van der Waals surface area (Å²) < 4.78 is 31.9. The summed E-state index contributed by atoms with van der Waals surface area (Å²) in [5.41, 5.74) is 6.06. The Morgan fingerprint density at radius 3 is 2.63 bits per heavy atom. The van der Waals surface area contributed by atoms with Crippen LogP contribution in [0.1, 0.15) is 5.56 Å². The van der Waals surface area contributed by atoms with E-state index in [4.69, 9.17) is 10.5 Å². The van der Waals surface area contributed by atoms with Crippen LogP contribution in [0, 0.1) is 11.6 Å². The fourth-order valence-corrected chi connectivity index (χ4v) is 2.60. The molecule has 0 spiro atoms. The molecule has 0 aliphatic heterocycles. The van der Waals surface area contributed by atoms with Crippen molar-refractivity contribution in [3.63, 3.8) is 0 Å². The highest BCUT2D eigenvalue weighted by molar-refractivity contribution is 7.98. The van der Waals surface area contributed by atoms with Crippen LogP contribution in [0.3, 0.4) is 0 Å². The molecule has 100 valence electrons. The van der Waals surface area contributed by atoms with Gasteiger partial charge in [0.1, 0.15) is 17.4 Å². The Kier molecular flexibility index (Phi) is 4.27. The van der Waals surface area contributed by atoms with Crippen molar-refractivity contribution in [2.24, 2.45) is 0 Å². The fraction of sp³-hybridized carbons (Fsp3) is 0.143. The molecule has 0 bridgehead atoms. The van der Waals surface area contributed by atoms with Crippen LogP contribution in [0.4, 0.5) is 14.5 Å². The van der Waals surface area contributed by atoms with Gasteiger partial charge < -0.3 is 10.5 Å². The predicted molar refractivity (Wildman–Crippen MR) is 73.3 cm³/mol. The van der Waals surface area contributed by atoms with E-state index in [9.17, 15) is 8.78 Å². The maximum Gasteiger partial charge on any atom is 0.146 e. The number of nitrogens with two attached hydrogens (primary N) is 1. The Labute approximate surface area is 114 Å². The quantitative estimate of drug-likeness (QED) is 0.683. The second-order valence-corrected chi connectivity index (χ2v) is 4.94. The average molecular weight is 281 g/mol. The van der Waals surface area contributed by atoms with E-state index in [1.165, 1.54) is 37.1 Å². The van der Waals surface area contributed by atoms with Crippen molar-refractivity contribution in [3.8, 4) is 5.75 Å². The molecule has 19 heavy (non-hydrogen) atoms. The van der Waals surface area contributed by atoms with Crippen molar-refractivity contribution in [2.45, 2.75) is 10.6 Å². The number of hydrogen-bond acceptors (Lipinski definition) is 3. The first-order valence-corrected chi connectivity index (χ1v) is 6.59. The van der Waals surface area contributed by atoms with Crippen molar-refractivity contribution < 1.29 is 13.5 Å². The van der Waals surface area contributed by atoms with Crippen LogP contribution in [-0.4, -0.2) is 7.11 Å². The summed E-state index contributed by atoms with van der Waals surface area (Å²) in [6, 6.07) is 9.14.